The number of rotatable bonds is 8. The van der Waals surface area contributed by atoms with E-state index in [-0.39, 0.29) is 18.8 Å². The monoisotopic (exact) mass is 287 g/mol. The molecule has 0 fully saturated rings. The van der Waals surface area contributed by atoms with Crippen molar-refractivity contribution in [3.63, 3.8) is 0 Å². The number of hydrogen-bond acceptors (Lipinski definition) is 4. The van der Waals surface area contributed by atoms with Crippen molar-refractivity contribution in [2.24, 2.45) is 0 Å². The summed E-state index contributed by atoms with van der Waals surface area (Å²) in [6, 6.07) is 6.42. The van der Waals surface area contributed by atoms with E-state index in [1.165, 1.54) is 6.07 Å². The summed E-state index contributed by atoms with van der Waals surface area (Å²) in [4.78, 5) is 10.7. The molecule has 0 heterocycles. The fourth-order valence-corrected chi connectivity index (χ4v) is 2.44. The largest absolute Gasteiger partial charge is 0.481 e. The van der Waals surface area contributed by atoms with Crippen LogP contribution in [0.25, 0.3) is 0 Å². The van der Waals surface area contributed by atoms with Gasteiger partial charge >= 0.3 is 5.97 Å². The van der Waals surface area contributed by atoms with Crippen LogP contribution in [-0.2, 0) is 26.0 Å². The molecular weight excluding hydrogens is 270 g/mol. The summed E-state index contributed by atoms with van der Waals surface area (Å²) in [5, 5.41) is 8.77. The number of nitrogens with one attached hydrogen (secondary N) is 1. The van der Waals surface area contributed by atoms with Gasteiger partial charge in [0.05, 0.1) is 24.5 Å². The fraction of sp³-hybridized carbons (Fsp3) is 0.417. The first kappa shape index (κ1) is 15.5. The van der Waals surface area contributed by atoms with Gasteiger partial charge in [-0.1, -0.05) is 18.2 Å². The highest BCUT2D eigenvalue weighted by molar-refractivity contribution is 7.92. The molecule has 0 saturated carbocycles. The van der Waals surface area contributed by atoms with Gasteiger partial charge in [-0.3, -0.25) is 9.52 Å². The maximum atomic E-state index is 11.8. The lowest BCUT2D eigenvalue weighted by Crippen LogP contribution is -2.21. The average Bonchev–Trinajstić information content (AvgIpc) is 2.31. The molecule has 7 heteroatoms. The van der Waals surface area contributed by atoms with Crippen molar-refractivity contribution in [1.82, 2.24) is 0 Å². The molecule has 0 unspecified atom stereocenters. The standard InChI is InChI=1S/C12H17NO5S/c1-2-18-7-8-19(16,17)13-11-6-4-3-5-10(11)9-12(14)15/h3-6,13H,2,7-9H2,1H3,(H,14,15). The van der Waals surface area contributed by atoms with E-state index >= 15 is 0 Å². The van der Waals surface area contributed by atoms with E-state index in [0.29, 0.717) is 17.9 Å². The molecule has 0 aromatic heterocycles. The van der Waals surface area contributed by atoms with E-state index in [2.05, 4.69) is 4.72 Å². The van der Waals surface area contributed by atoms with Crippen LogP contribution in [0.5, 0.6) is 0 Å². The summed E-state index contributed by atoms with van der Waals surface area (Å²) in [5.41, 5.74) is 0.719. The molecule has 19 heavy (non-hydrogen) atoms. The number of ether oxygens (including phenoxy) is 1. The van der Waals surface area contributed by atoms with E-state index in [1.54, 1.807) is 25.1 Å². The van der Waals surface area contributed by atoms with E-state index in [1.807, 2.05) is 0 Å². The van der Waals surface area contributed by atoms with Crippen molar-refractivity contribution >= 4 is 21.7 Å². The molecule has 1 aromatic rings. The van der Waals surface area contributed by atoms with Gasteiger partial charge in [-0.2, -0.15) is 0 Å². The van der Waals surface area contributed by atoms with Gasteiger partial charge < -0.3 is 9.84 Å². The summed E-state index contributed by atoms with van der Waals surface area (Å²) >= 11 is 0. The van der Waals surface area contributed by atoms with Gasteiger partial charge in [-0.15, -0.1) is 0 Å². The number of anilines is 1. The first-order chi connectivity index (χ1) is 8.94. The highest BCUT2D eigenvalue weighted by Crippen LogP contribution is 2.17. The number of benzene rings is 1. The maximum absolute atomic E-state index is 11.8. The quantitative estimate of drug-likeness (QED) is 0.698. The second-order valence-electron chi connectivity index (χ2n) is 3.85. The number of carboxylic acids is 1. The Morgan fingerprint density at radius 2 is 2.05 bits per heavy atom. The van der Waals surface area contributed by atoms with E-state index in [4.69, 9.17) is 9.84 Å². The second kappa shape index (κ2) is 7.10. The average molecular weight is 287 g/mol. The Balaban J connectivity index is 2.78. The number of hydrogen-bond donors (Lipinski definition) is 2. The number of aliphatic carboxylic acids is 1. The van der Waals surface area contributed by atoms with Gasteiger partial charge in [0.1, 0.15) is 0 Å². The number of carbonyl (C=O) groups is 1. The predicted octanol–water partition coefficient (Wildman–Crippen LogP) is 1.09. The molecule has 0 aliphatic rings. The number of sulfonamides is 1. The van der Waals surface area contributed by atoms with Crippen molar-refractivity contribution in [3.05, 3.63) is 29.8 Å². The third kappa shape index (κ3) is 5.71. The second-order valence-corrected chi connectivity index (χ2v) is 5.69. The third-order valence-corrected chi connectivity index (χ3v) is 3.56. The lowest BCUT2D eigenvalue weighted by molar-refractivity contribution is -0.136. The molecule has 0 amide bonds. The molecule has 6 nitrogen and oxygen atoms in total. The van der Waals surface area contributed by atoms with Crippen LogP contribution in [0.2, 0.25) is 0 Å². The number of para-hydroxylation sites is 1. The Morgan fingerprint density at radius 3 is 2.68 bits per heavy atom. The van der Waals surface area contributed by atoms with Crippen LogP contribution in [0.4, 0.5) is 5.69 Å². The topological polar surface area (TPSA) is 92.7 Å². The van der Waals surface area contributed by atoms with Crippen LogP contribution < -0.4 is 4.72 Å². The molecule has 0 bridgehead atoms. The van der Waals surface area contributed by atoms with Crippen molar-refractivity contribution in [2.45, 2.75) is 13.3 Å². The summed E-state index contributed by atoms with van der Waals surface area (Å²) < 4.78 is 30.9. The van der Waals surface area contributed by atoms with Crippen LogP contribution in [0.15, 0.2) is 24.3 Å². The van der Waals surface area contributed by atoms with Crippen LogP contribution in [0.3, 0.4) is 0 Å². The molecule has 0 aliphatic carbocycles. The molecular formula is C12H17NO5S. The molecule has 1 rings (SSSR count). The predicted molar refractivity (Wildman–Crippen MR) is 71.7 cm³/mol. The lowest BCUT2D eigenvalue weighted by Gasteiger charge is -2.11. The molecule has 0 spiro atoms. The third-order valence-electron chi connectivity index (χ3n) is 2.33. The summed E-state index contributed by atoms with van der Waals surface area (Å²) in [5.74, 6) is -1.18. The normalized spacial score (nSPS) is 11.2. The smallest absolute Gasteiger partial charge is 0.307 e. The van der Waals surface area contributed by atoms with Crippen molar-refractivity contribution in [1.29, 1.82) is 0 Å². The van der Waals surface area contributed by atoms with Gasteiger partial charge in [0.25, 0.3) is 0 Å². The van der Waals surface area contributed by atoms with E-state index in [9.17, 15) is 13.2 Å². The summed E-state index contributed by atoms with van der Waals surface area (Å²) in [7, 11) is -3.53. The zero-order valence-corrected chi connectivity index (χ0v) is 11.4. The van der Waals surface area contributed by atoms with Crippen molar-refractivity contribution in [3.8, 4) is 0 Å². The minimum absolute atomic E-state index is 0.104. The van der Waals surface area contributed by atoms with Crippen LogP contribution in [-0.4, -0.2) is 38.5 Å². The molecule has 0 radical (unpaired) electrons. The Morgan fingerprint density at radius 1 is 1.37 bits per heavy atom. The highest BCUT2D eigenvalue weighted by atomic mass is 32.2. The van der Waals surface area contributed by atoms with Gasteiger partial charge in [0.15, 0.2) is 0 Å². The van der Waals surface area contributed by atoms with Gasteiger partial charge in [-0.05, 0) is 18.6 Å². The van der Waals surface area contributed by atoms with Crippen molar-refractivity contribution < 1.29 is 23.1 Å². The van der Waals surface area contributed by atoms with Gasteiger partial charge in [0, 0.05) is 6.61 Å². The minimum atomic E-state index is -3.53. The Bertz CT molecular complexity index is 527. The Kier molecular flexibility index (Phi) is 5.78. The molecule has 2 N–H and O–H groups in total. The Hall–Kier alpha value is -1.60. The first-order valence-electron chi connectivity index (χ1n) is 5.82. The maximum Gasteiger partial charge on any atom is 0.307 e. The first-order valence-corrected chi connectivity index (χ1v) is 7.48. The fourth-order valence-electron chi connectivity index (χ4n) is 1.47. The van der Waals surface area contributed by atoms with Crippen LogP contribution in [0.1, 0.15) is 12.5 Å². The Labute approximate surface area is 112 Å². The van der Waals surface area contributed by atoms with E-state index in [0.717, 1.165) is 0 Å². The molecule has 0 saturated heterocycles. The zero-order chi connectivity index (χ0) is 14.3. The van der Waals surface area contributed by atoms with Gasteiger partial charge in [0.2, 0.25) is 10.0 Å². The van der Waals surface area contributed by atoms with Crippen LogP contribution in [0, 0.1) is 0 Å². The summed E-state index contributed by atoms with van der Waals surface area (Å²) in [6.45, 7) is 2.33. The van der Waals surface area contributed by atoms with E-state index < -0.39 is 16.0 Å². The molecule has 1 aromatic carbocycles. The lowest BCUT2D eigenvalue weighted by atomic mass is 10.1. The molecule has 106 valence electrons. The summed E-state index contributed by atoms with van der Waals surface area (Å²) in [6.07, 6.45) is -0.232. The van der Waals surface area contributed by atoms with Gasteiger partial charge in [-0.25, -0.2) is 8.42 Å². The van der Waals surface area contributed by atoms with Crippen LogP contribution >= 0.6 is 0 Å². The molecule has 0 atom stereocenters. The molecule has 0 aliphatic heterocycles. The SMILES string of the molecule is CCOCCS(=O)(=O)Nc1ccccc1CC(=O)O. The highest BCUT2D eigenvalue weighted by Gasteiger charge is 2.13. The number of carboxylic acid groups (broad SMARTS) is 1. The minimum Gasteiger partial charge on any atom is -0.481 e. The van der Waals surface area contributed by atoms with Crippen molar-refractivity contribution in [2.75, 3.05) is 23.7 Å². The zero-order valence-electron chi connectivity index (χ0n) is 10.6.